The van der Waals surface area contributed by atoms with Gasteiger partial charge in [-0.05, 0) is 46.8 Å². The summed E-state index contributed by atoms with van der Waals surface area (Å²) in [6.07, 6.45) is -0.482. The number of nitrogens with one attached hydrogen (secondary N) is 1. The molecule has 48 heavy (non-hydrogen) atoms. The maximum Gasteiger partial charge on any atom is 0.165 e. The highest BCUT2D eigenvalue weighted by Gasteiger charge is 2.36. The Hall–Kier alpha value is -3.77. The standard InChI is InChI=1S/C38H46FNO8/c1-42-24-30(41)25-48-36-21-40-20-35(47-22-26-18-28-8-4-5-10-32(28)34(19-26)43-2)37(36)27-12-14-31(15-13-27)46-17-7-16-45-23-29-9-6-11-33(39)38(29)44-3/h4-6,8-15,18-19,30,35-37,40-41H,7,16-17,20-25H2,1-3H3/t30-,35+,36+,37-/m1/s1. The third-order valence-electron chi connectivity index (χ3n) is 8.40. The van der Waals surface area contributed by atoms with Gasteiger partial charge in [0.05, 0.1) is 66.1 Å². The van der Waals surface area contributed by atoms with Crippen molar-refractivity contribution in [2.45, 2.75) is 43.9 Å². The number of rotatable bonds is 18. The average molecular weight is 664 g/mol. The Balaban J connectivity index is 1.20. The van der Waals surface area contributed by atoms with Crippen LogP contribution in [0, 0.1) is 5.82 Å². The molecule has 0 bridgehead atoms. The highest BCUT2D eigenvalue weighted by atomic mass is 19.1. The van der Waals surface area contributed by atoms with Crippen LogP contribution < -0.4 is 19.5 Å². The number of benzene rings is 4. The number of fused-ring (bicyclic) bond motifs is 1. The van der Waals surface area contributed by atoms with E-state index in [2.05, 4.69) is 29.6 Å². The summed E-state index contributed by atoms with van der Waals surface area (Å²) in [7, 11) is 4.69. The fraction of sp³-hybridized carbons (Fsp3) is 0.421. The molecule has 2 N–H and O–H groups in total. The molecule has 0 saturated carbocycles. The molecule has 1 heterocycles. The molecule has 0 aromatic heterocycles. The van der Waals surface area contributed by atoms with Gasteiger partial charge in [-0.15, -0.1) is 0 Å². The molecule has 0 unspecified atom stereocenters. The monoisotopic (exact) mass is 663 g/mol. The van der Waals surface area contributed by atoms with E-state index < -0.39 is 11.9 Å². The lowest BCUT2D eigenvalue weighted by Gasteiger charge is -2.39. The Morgan fingerprint density at radius 1 is 0.833 bits per heavy atom. The van der Waals surface area contributed by atoms with Gasteiger partial charge in [0.2, 0.25) is 0 Å². The first-order valence-electron chi connectivity index (χ1n) is 16.3. The summed E-state index contributed by atoms with van der Waals surface area (Å²) in [4.78, 5) is 0. The van der Waals surface area contributed by atoms with E-state index in [0.717, 1.165) is 33.4 Å². The van der Waals surface area contributed by atoms with Crippen LogP contribution >= 0.6 is 0 Å². The number of piperidine rings is 1. The van der Waals surface area contributed by atoms with Crippen molar-refractivity contribution in [1.29, 1.82) is 0 Å². The molecule has 1 aliphatic rings. The van der Waals surface area contributed by atoms with E-state index >= 15 is 0 Å². The number of para-hydroxylation sites is 1. The van der Waals surface area contributed by atoms with Gasteiger partial charge in [0.25, 0.3) is 0 Å². The van der Waals surface area contributed by atoms with Crippen molar-refractivity contribution in [3.8, 4) is 17.2 Å². The molecule has 4 aromatic carbocycles. The number of halogens is 1. The Morgan fingerprint density at radius 3 is 2.40 bits per heavy atom. The number of ether oxygens (including phenoxy) is 7. The zero-order chi connectivity index (χ0) is 33.7. The van der Waals surface area contributed by atoms with E-state index in [1.165, 1.54) is 13.2 Å². The van der Waals surface area contributed by atoms with E-state index in [-0.39, 0.29) is 43.7 Å². The molecule has 5 rings (SSSR count). The van der Waals surface area contributed by atoms with E-state index in [9.17, 15) is 9.50 Å². The molecule has 0 radical (unpaired) electrons. The van der Waals surface area contributed by atoms with Crippen molar-refractivity contribution >= 4 is 10.8 Å². The molecule has 258 valence electrons. The average Bonchev–Trinajstić information content (AvgIpc) is 3.11. The summed E-state index contributed by atoms with van der Waals surface area (Å²) in [6, 6.07) is 25.1. The quantitative estimate of drug-likeness (QED) is 0.131. The Labute approximate surface area is 281 Å². The van der Waals surface area contributed by atoms with Crippen LogP contribution in [0.25, 0.3) is 10.8 Å². The van der Waals surface area contributed by atoms with Crippen molar-refractivity contribution in [2.24, 2.45) is 0 Å². The summed E-state index contributed by atoms with van der Waals surface area (Å²) in [5.41, 5.74) is 2.75. The second-order valence-corrected chi connectivity index (χ2v) is 11.8. The number of methoxy groups -OCH3 is 3. The first-order chi connectivity index (χ1) is 23.5. The molecule has 10 heteroatoms. The second-order valence-electron chi connectivity index (χ2n) is 11.8. The first kappa shape index (κ1) is 35.5. The van der Waals surface area contributed by atoms with Crippen molar-refractivity contribution < 1.29 is 42.7 Å². The molecule has 0 aliphatic carbocycles. The van der Waals surface area contributed by atoms with Crippen LogP contribution in [0.4, 0.5) is 4.39 Å². The van der Waals surface area contributed by atoms with Crippen molar-refractivity contribution in [3.63, 3.8) is 0 Å². The van der Waals surface area contributed by atoms with E-state index in [1.54, 1.807) is 26.4 Å². The van der Waals surface area contributed by atoms with Gasteiger partial charge in [-0.2, -0.15) is 0 Å². The SMILES string of the molecule is COC[C@@H](O)CO[C@H]1CNC[C@H](OCc2cc(OC)c3ccccc3c2)[C@H]1c1ccc(OCCCOCc2cccc(F)c2OC)cc1. The minimum absolute atomic E-state index is 0.0920. The molecule has 0 spiro atoms. The first-order valence-corrected chi connectivity index (χ1v) is 16.3. The molecule has 1 fully saturated rings. The predicted molar refractivity (Wildman–Crippen MR) is 181 cm³/mol. The lowest BCUT2D eigenvalue weighted by atomic mass is 9.85. The molecule has 4 aromatic rings. The highest BCUT2D eigenvalue weighted by Crippen LogP contribution is 2.33. The zero-order valence-electron chi connectivity index (χ0n) is 27.9. The van der Waals surface area contributed by atoms with Crippen LogP contribution in [-0.2, 0) is 32.2 Å². The Bertz CT molecular complexity index is 1570. The van der Waals surface area contributed by atoms with Crippen LogP contribution in [0.15, 0.2) is 78.9 Å². The maximum atomic E-state index is 13.9. The smallest absolute Gasteiger partial charge is 0.165 e. The summed E-state index contributed by atoms with van der Waals surface area (Å²) in [6.45, 7) is 3.21. The lowest BCUT2D eigenvalue weighted by Crippen LogP contribution is -2.51. The van der Waals surface area contributed by atoms with Crippen molar-refractivity contribution in [1.82, 2.24) is 5.32 Å². The van der Waals surface area contributed by atoms with Gasteiger partial charge < -0.3 is 43.6 Å². The number of hydrogen-bond donors (Lipinski definition) is 2. The van der Waals surface area contributed by atoms with E-state index in [0.29, 0.717) is 44.9 Å². The normalized spacial score (nSPS) is 18.5. The third-order valence-corrected chi connectivity index (χ3v) is 8.40. The van der Waals surface area contributed by atoms with Crippen LogP contribution in [-0.4, -0.2) is 84.3 Å². The molecule has 1 saturated heterocycles. The molecule has 4 atom stereocenters. The van der Waals surface area contributed by atoms with Gasteiger partial charge in [-0.1, -0.05) is 48.5 Å². The molecular formula is C38H46FNO8. The van der Waals surface area contributed by atoms with E-state index in [1.807, 2.05) is 36.4 Å². The second kappa shape index (κ2) is 18.1. The Morgan fingerprint density at radius 2 is 1.62 bits per heavy atom. The van der Waals surface area contributed by atoms with Crippen molar-refractivity contribution in [2.75, 3.05) is 60.8 Å². The van der Waals surface area contributed by atoms with Crippen LogP contribution in [0.1, 0.15) is 29.0 Å². The summed E-state index contributed by atoms with van der Waals surface area (Å²) in [5.74, 6) is 1.27. The minimum Gasteiger partial charge on any atom is -0.496 e. The fourth-order valence-corrected chi connectivity index (χ4v) is 6.10. The van der Waals surface area contributed by atoms with Crippen LogP contribution in [0.2, 0.25) is 0 Å². The van der Waals surface area contributed by atoms with Gasteiger partial charge in [-0.3, -0.25) is 0 Å². The van der Waals surface area contributed by atoms with Crippen LogP contribution in [0.3, 0.4) is 0 Å². The number of aliphatic hydroxyl groups is 1. The topological polar surface area (TPSA) is 96.9 Å². The van der Waals surface area contributed by atoms with Crippen LogP contribution in [0.5, 0.6) is 17.2 Å². The fourth-order valence-electron chi connectivity index (χ4n) is 6.10. The third kappa shape index (κ3) is 9.43. The lowest BCUT2D eigenvalue weighted by molar-refractivity contribution is -0.0856. The maximum absolute atomic E-state index is 13.9. The number of hydrogen-bond acceptors (Lipinski definition) is 9. The van der Waals surface area contributed by atoms with Gasteiger partial charge >= 0.3 is 0 Å². The molecular weight excluding hydrogens is 617 g/mol. The van der Waals surface area contributed by atoms with Gasteiger partial charge in [-0.25, -0.2) is 4.39 Å². The molecule has 1 aliphatic heterocycles. The summed E-state index contributed by atoms with van der Waals surface area (Å²) in [5, 5.41) is 15.9. The van der Waals surface area contributed by atoms with E-state index in [4.69, 9.17) is 33.2 Å². The minimum atomic E-state index is -0.724. The van der Waals surface area contributed by atoms with Gasteiger partial charge in [0.15, 0.2) is 11.6 Å². The van der Waals surface area contributed by atoms with Crippen molar-refractivity contribution in [3.05, 3.63) is 101 Å². The predicted octanol–water partition coefficient (Wildman–Crippen LogP) is 5.65. The summed E-state index contributed by atoms with van der Waals surface area (Å²) < 4.78 is 54.4. The summed E-state index contributed by atoms with van der Waals surface area (Å²) >= 11 is 0. The molecule has 9 nitrogen and oxygen atoms in total. The zero-order valence-corrected chi connectivity index (χ0v) is 27.9. The molecule has 0 amide bonds. The van der Waals surface area contributed by atoms with Gasteiger partial charge in [0, 0.05) is 43.5 Å². The van der Waals surface area contributed by atoms with Gasteiger partial charge in [0.1, 0.15) is 17.6 Å². The largest absolute Gasteiger partial charge is 0.496 e. The number of aliphatic hydroxyl groups excluding tert-OH is 1. The highest BCUT2D eigenvalue weighted by molar-refractivity contribution is 5.89. The Kier molecular flexibility index (Phi) is 13.4.